The molecule has 0 heterocycles. The Morgan fingerprint density at radius 2 is 1.86 bits per heavy atom. The SMILES string of the molecule is Cc1ccc(C(=O)Nc2ccc(Br)cc2C(N)=S)c(C)c1. The maximum atomic E-state index is 12.4. The average molecular weight is 363 g/mol. The van der Waals surface area contributed by atoms with Crippen molar-refractivity contribution in [1.82, 2.24) is 0 Å². The Balaban J connectivity index is 2.34. The first kappa shape index (κ1) is 15.7. The number of nitrogens with two attached hydrogens (primary N) is 1. The van der Waals surface area contributed by atoms with E-state index >= 15 is 0 Å². The van der Waals surface area contributed by atoms with E-state index in [1.54, 1.807) is 12.1 Å². The van der Waals surface area contributed by atoms with Gasteiger partial charge >= 0.3 is 0 Å². The molecule has 21 heavy (non-hydrogen) atoms. The zero-order chi connectivity index (χ0) is 15.6. The normalized spacial score (nSPS) is 10.2. The molecule has 3 nitrogen and oxygen atoms in total. The molecule has 1 amide bonds. The van der Waals surface area contributed by atoms with Gasteiger partial charge in [0.2, 0.25) is 0 Å². The second kappa shape index (κ2) is 6.37. The molecule has 0 saturated carbocycles. The number of anilines is 1. The van der Waals surface area contributed by atoms with Gasteiger partial charge in [0.15, 0.2) is 0 Å². The Labute approximate surface area is 137 Å². The van der Waals surface area contributed by atoms with Crippen LogP contribution in [0.15, 0.2) is 40.9 Å². The lowest BCUT2D eigenvalue weighted by Crippen LogP contribution is -2.18. The number of carbonyl (C=O) groups excluding carboxylic acids is 1. The molecule has 0 atom stereocenters. The summed E-state index contributed by atoms with van der Waals surface area (Å²) in [4.78, 5) is 12.6. The molecular weight excluding hydrogens is 348 g/mol. The number of aryl methyl sites for hydroxylation is 2. The molecule has 0 aliphatic rings. The molecule has 2 aromatic rings. The molecule has 0 aromatic heterocycles. The van der Waals surface area contributed by atoms with Gasteiger partial charge in [0.1, 0.15) is 4.99 Å². The summed E-state index contributed by atoms with van der Waals surface area (Å²) < 4.78 is 0.856. The molecular formula is C16H15BrN2OS. The lowest BCUT2D eigenvalue weighted by Gasteiger charge is -2.12. The highest BCUT2D eigenvalue weighted by atomic mass is 79.9. The molecule has 0 spiro atoms. The van der Waals surface area contributed by atoms with Gasteiger partial charge in [-0.05, 0) is 43.7 Å². The lowest BCUT2D eigenvalue weighted by atomic mass is 10.0. The first-order chi connectivity index (χ1) is 9.88. The van der Waals surface area contributed by atoms with E-state index in [0.717, 1.165) is 15.6 Å². The third-order valence-corrected chi connectivity index (χ3v) is 3.83. The highest BCUT2D eigenvalue weighted by Gasteiger charge is 2.13. The third-order valence-electron chi connectivity index (χ3n) is 3.12. The fourth-order valence-electron chi connectivity index (χ4n) is 2.09. The summed E-state index contributed by atoms with van der Waals surface area (Å²) in [5.74, 6) is -0.174. The Bertz CT molecular complexity index is 728. The molecule has 0 radical (unpaired) electrons. The van der Waals surface area contributed by atoms with E-state index in [4.69, 9.17) is 18.0 Å². The largest absolute Gasteiger partial charge is 0.389 e. The average Bonchev–Trinajstić information content (AvgIpc) is 2.40. The van der Waals surface area contributed by atoms with Crippen LogP contribution in [0.4, 0.5) is 5.69 Å². The van der Waals surface area contributed by atoms with Crippen LogP contribution in [0.3, 0.4) is 0 Å². The summed E-state index contributed by atoms with van der Waals surface area (Å²) in [6.45, 7) is 3.91. The fourth-order valence-corrected chi connectivity index (χ4v) is 2.62. The Morgan fingerprint density at radius 3 is 2.48 bits per heavy atom. The molecule has 0 aliphatic carbocycles. The van der Waals surface area contributed by atoms with Gasteiger partial charge in [0.25, 0.3) is 5.91 Å². The van der Waals surface area contributed by atoms with Crippen molar-refractivity contribution in [3.8, 4) is 0 Å². The number of nitrogens with one attached hydrogen (secondary N) is 1. The van der Waals surface area contributed by atoms with E-state index in [9.17, 15) is 4.79 Å². The second-order valence-corrected chi connectivity index (χ2v) is 6.18. The topological polar surface area (TPSA) is 55.1 Å². The van der Waals surface area contributed by atoms with Crippen molar-refractivity contribution in [3.63, 3.8) is 0 Å². The van der Waals surface area contributed by atoms with Crippen molar-refractivity contribution >= 4 is 44.7 Å². The van der Waals surface area contributed by atoms with Crippen molar-refractivity contribution in [2.45, 2.75) is 13.8 Å². The molecule has 0 fully saturated rings. The second-order valence-electron chi connectivity index (χ2n) is 4.83. The quantitative estimate of drug-likeness (QED) is 0.812. The van der Waals surface area contributed by atoms with Gasteiger partial charge < -0.3 is 11.1 Å². The van der Waals surface area contributed by atoms with Crippen molar-refractivity contribution in [2.75, 3.05) is 5.32 Å². The minimum atomic E-state index is -0.174. The summed E-state index contributed by atoms with van der Waals surface area (Å²) in [6.07, 6.45) is 0. The highest BCUT2D eigenvalue weighted by molar-refractivity contribution is 9.10. The van der Waals surface area contributed by atoms with Gasteiger partial charge in [0, 0.05) is 15.6 Å². The molecule has 5 heteroatoms. The van der Waals surface area contributed by atoms with E-state index in [1.807, 2.05) is 38.1 Å². The first-order valence-electron chi connectivity index (χ1n) is 6.36. The van der Waals surface area contributed by atoms with E-state index in [-0.39, 0.29) is 10.9 Å². The number of thiocarbonyl (C=S) groups is 1. The van der Waals surface area contributed by atoms with Gasteiger partial charge in [0.05, 0.1) is 5.69 Å². The van der Waals surface area contributed by atoms with Crippen LogP contribution in [-0.2, 0) is 0 Å². The van der Waals surface area contributed by atoms with E-state index < -0.39 is 0 Å². The first-order valence-corrected chi connectivity index (χ1v) is 7.56. The predicted molar refractivity (Wildman–Crippen MR) is 93.9 cm³/mol. The molecule has 3 N–H and O–H groups in total. The fraction of sp³-hybridized carbons (Fsp3) is 0.125. The number of rotatable bonds is 3. The van der Waals surface area contributed by atoms with Gasteiger partial charge in [-0.15, -0.1) is 0 Å². The van der Waals surface area contributed by atoms with E-state index in [2.05, 4.69) is 21.2 Å². The summed E-state index contributed by atoms with van der Waals surface area (Å²) >= 11 is 8.39. The number of hydrogen-bond acceptors (Lipinski definition) is 2. The molecule has 2 rings (SSSR count). The molecule has 2 aromatic carbocycles. The minimum Gasteiger partial charge on any atom is -0.389 e. The van der Waals surface area contributed by atoms with Gasteiger partial charge in [-0.3, -0.25) is 4.79 Å². The Morgan fingerprint density at radius 1 is 1.14 bits per heavy atom. The van der Waals surface area contributed by atoms with Crippen molar-refractivity contribution in [3.05, 3.63) is 63.1 Å². The zero-order valence-electron chi connectivity index (χ0n) is 11.7. The van der Waals surface area contributed by atoms with Gasteiger partial charge in [-0.25, -0.2) is 0 Å². The van der Waals surface area contributed by atoms with Crippen molar-refractivity contribution < 1.29 is 4.79 Å². The van der Waals surface area contributed by atoms with Gasteiger partial charge in [-0.1, -0.05) is 45.8 Å². The van der Waals surface area contributed by atoms with Crippen LogP contribution in [0.5, 0.6) is 0 Å². The van der Waals surface area contributed by atoms with Crippen molar-refractivity contribution in [2.24, 2.45) is 5.73 Å². The van der Waals surface area contributed by atoms with Crippen LogP contribution in [-0.4, -0.2) is 10.9 Å². The maximum absolute atomic E-state index is 12.4. The van der Waals surface area contributed by atoms with E-state index in [0.29, 0.717) is 16.8 Å². The van der Waals surface area contributed by atoms with Crippen LogP contribution < -0.4 is 11.1 Å². The maximum Gasteiger partial charge on any atom is 0.255 e. The third kappa shape index (κ3) is 3.68. The van der Waals surface area contributed by atoms with Crippen molar-refractivity contribution in [1.29, 1.82) is 0 Å². The summed E-state index contributed by atoms with van der Waals surface area (Å²) in [5.41, 5.74) is 9.64. The number of benzene rings is 2. The summed E-state index contributed by atoms with van der Waals surface area (Å²) in [7, 11) is 0. The lowest BCUT2D eigenvalue weighted by molar-refractivity contribution is 0.102. The standard InChI is InChI=1S/C16H15BrN2OS/c1-9-3-5-12(10(2)7-9)16(20)19-14-6-4-11(17)8-13(14)15(18)21/h3-8H,1-2H3,(H2,18,21)(H,19,20). The monoisotopic (exact) mass is 362 g/mol. The Hall–Kier alpha value is -1.72. The van der Waals surface area contributed by atoms with Crippen LogP contribution in [0.25, 0.3) is 0 Å². The molecule has 0 bridgehead atoms. The summed E-state index contributed by atoms with van der Waals surface area (Å²) in [6, 6.07) is 11.1. The number of hydrogen-bond donors (Lipinski definition) is 2. The summed E-state index contributed by atoms with van der Waals surface area (Å²) in [5, 5.41) is 2.87. The molecule has 0 unspecified atom stereocenters. The molecule has 0 saturated heterocycles. The van der Waals surface area contributed by atoms with Crippen LogP contribution in [0, 0.1) is 13.8 Å². The minimum absolute atomic E-state index is 0.174. The molecule has 0 aliphatic heterocycles. The van der Waals surface area contributed by atoms with Crippen LogP contribution in [0.2, 0.25) is 0 Å². The van der Waals surface area contributed by atoms with E-state index in [1.165, 1.54) is 0 Å². The van der Waals surface area contributed by atoms with Crippen LogP contribution >= 0.6 is 28.1 Å². The number of carbonyl (C=O) groups is 1. The van der Waals surface area contributed by atoms with Gasteiger partial charge in [-0.2, -0.15) is 0 Å². The predicted octanol–water partition coefficient (Wildman–Crippen LogP) is 3.95. The highest BCUT2D eigenvalue weighted by Crippen LogP contribution is 2.22. The Kier molecular flexibility index (Phi) is 4.75. The zero-order valence-corrected chi connectivity index (χ0v) is 14.1. The number of halogens is 1. The smallest absolute Gasteiger partial charge is 0.255 e. The molecule has 108 valence electrons. The number of amides is 1. The van der Waals surface area contributed by atoms with Crippen LogP contribution in [0.1, 0.15) is 27.0 Å².